The molecule has 0 aliphatic rings. The predicted molar refractivity (Wildman–Crippen MR) is 74.4 cm³/mol. The number of rotatable bonds is 3. The van der Waals surface area contributed by atoms with Crippen LogP contribution in [-0.2, 0) is 0 Å². The van der Waals surface area contributed by atoms with Crippen molar-refractivity contribution in [1.82, 2.24) is 24.5 Å². The Morgan fingerprint density at radius 3 is 1.89 bits per heavy atom. The lowest BCUT2D eigenvalue weighted by Crippen LogP contribution is -2.13. The molecule has 0 spiro atoms. The molecule has 0 aliphatic carbocycles. The van der Waals surface area contributed by atoms with Crippen LogP contribution in [-0.4, -0.2) is 29.5 Å². The Bertz CT molecular complexity index is 649. The van der Waals surface area contributed by atoms with E-state index >= 15 is 0 Å². The SMILES string of the molecule is NC(=S)c1cc(-n2cccn2)nc(-n2cccn2)c1. The number of nitrogens with zero attached hydrogens (tertiary/aromatic N) is 5. The first-order valence-electron chi connectivity index (χ1n) is 5.56. The first-order valence-corrected chi connectivity index (χ1v) is 5.97. The second-order valence-corrected chi connectivity index (χ2v) is 4.28. The summed E-state index contributed by atoms with van der Waals surface area (Å²) >= 11 is 5.03. The molecule has 0 bridgehead atoms. The average Bonchev–Trinajstić information content (AvgIpc) is 3.11. The fourth-order valence-corrected chi connectivity index (χ4v) is 1.81. The Morgan fingerprint density at radius 2 is 1.53 bits per heavy atom. The van der Waals surface area contributed by atoms with Gasteiger partial charge in [-0.2, -0.15) is 10.2 Å². The summed E-state index contributed by atoms with van der Waals surface area (Å²) in [4.78, 5) is 4.80. The maximum Gasteiger partial charge on any atom is 0.156 e. The van der Waals surface area contributed by atoms with Crippen molar-refractivity contribution in [2.24, 2.45) is 5.73 Å². The third kappa shape index (κ3) is 2.23. The zero-order chi connectivity index (χ0) is 13.2. The summed E-state index contributed by atoms with van der Waals surface area (Å²) in [5.74, 6) is 1.28. The quantitative estimate of drug-likeness (QED) is 0.721. The van der Waals surface area contributed by atoms with E-state index in [9.17, 15) is 0 Å². The molecule has 0 saturated heterocycles. The van der Waals surface area contributed by atoms with E-state index < -0.39 is 0 Å². The van der Waals surface area contributed by atoms with Crippen LogP contribution in [0.1, 0.15) is 5.56 Å². The van der Waals surface area contributed by atoms with Gasteiger partial charge in [-0.05, 0) is 24.3 Å². The van der Waals surface area contributed by atoms with Gasteiger partial charge in [0.25, 0.3) is 0 Å². The van der Waals surface area contributed by atoms with Crippen molar-refractivity contribution in [2.75, 3.05) is 0 Å². The Hall–Kier alpha value is -2.54. The maximum absolute atomic E-state index is 5.70. The molecule has 3 heterocycles. The molecule has 0 unspecified atom stereocenters. The van der Waals surface area contributed by atoms with E-state index in [1.54, 1.807) is 46.3 Å². The van der Waals surface area contributed by atoms with E-state index in [1.165, 1.54) is 0 Å². The molecular formula is C12H10N6S. The molecule has 3 aromatic heterocycles. The van der Waals surface area contributed by atoms with Crippen LogP contribution in [0.4, 0.5) is 0 Å². The van der Waals surface area contributed by atoms with Gasteiger partial charge >= 0.3 is 0 Å². The van der Waals surface area contributed by atoms with E-state index in [2.05, 4.69) is 15.2 Å². The minimum atomic E-state index is 0.309. The van der Waals surface area contributed by atoms with Crippen LogP contribution in [0.3, 0.4) is 0 Å². The fraction of sp³-hybridized carbons (Fsp3) is 0. The van der Waals surface area contributed by atoms with E-state index in [-0.39, 0.29) is 0 Å². The summed E-state index contributed by atoms with van der Waals surface area (Å²) in [5, 5.41) is 8.30. The van der Waals surface area contributed by atoms with E-state index in [4.69, 9.17) is 18.0 Å². The normalized spacial score (nSPS) is 10.5. The van der Waals surface area contributed by atoms with Gasteiger partial charge in [-0.1, -0.05) is 12.2 Å². The molecule has 0 fully saturated rings. The van der Waals surface area contributed by atoms with Crippen molar-refractivity contribution in [3.05, 3.63) is 54.6 Å². The molecule has 0 amide bonds. The smallest absolute Gasteiger partial charge is 0.156 e. The van der Waals surface area contributed by atoms with Crippen molar-refractivity contribution in [2.45, 2.75) is 0 Å². The van der Waals surface area contributed by atoms with Crippen molar-refractivity contribution >= 4 is 17.2 Å². The van der Waals surface area contributed by atoms with Gasteiger partial charge < -0.3 is 5.73 Å². The molecular weight excluding hydrogens is 260 g/mol. The second kappa shape index (κ2) is 4.62. The molecule has 0 saturated carbocycles. The molecule has 0 aromatic carbocycles. The maximum atomic E-state index is 5.70. The van der Waals surface area contributed by atoms with Gasteiger partial charge in [-0.3, -0.25) is 0 Å². The molecule has 3 aromatic rings. The summed E-state index contributed by atoms with van der Waals surface area (Å²) in [5.41, 5.74) is 6.43. The monoisotopic (exact) mass is 270 g/mol. The van der Waals surface area contributed by atoms with Crippen LogP contribution in [0, 0.1) is 0 Å². The molecule has 2 N–H and O–H groups in total. The molecule has 7 heteroatoms. The number of aromatic nitrogens is 5. The summed E-state index contributed by atoms with van der Waals surface area (Å²) in [6.07, 6.45) is 6.97. The number of hydrogen-bond acceptors (Lipinski definition) is 4. The minimum Gasteiger partial charge on any atom is -0.389 e. The van der Waals surface area contributed by atoms with Crippen molar-refractivity contribution < 1.29 is 0 Å². The summed E-state index contributed by atoms with van der Waals surface area (Å²) in [6, 6.07) is 7.23. The standard InChI is InChI=1S/C12H10N6S/c13-12(19)9-7-10(17-5-1-3-14-17)16-11(8-9)18-6-2-4-15-18/h1-8H,(H2,13,19). The topological polar surface area (TPSA) is 74.6 Å². The van der Waals surface area contributed by atoms with Gasteiger partial charge in [0, 0.05) is 30.4 Å². The Labute approximate surface area is 114 Å². The van der Waals surface area contributed by atoms with Crippen molar-refractivity contribution in [1.29, 1.82) is 0 Å². The largest absolute Gasteiger partial charge is 0.389 e. The third-order valence-corrected chi connectivity index (χ3v) is 2.80. The molecule has 0 atom stereocenters. The molecule has 6 nitrogen and oxygen atoms in total. The lowest BCUT2D eigenvalue weighted by Gasteiger charge is -2.08. The van der Waals surface area contributed by atoms with E-state index in [0.29, 0.717) is 16.6 Å². The van der Waals surface area contributed by atoms with Crippen LogP contribution in [0.25, 0.3) is 11.6 Å². The lowest BCUT2D eigenvalue weighted by atomic mass is 10.2. The Kier molecular flexibility index (Phi) is 2.81. The second-order valence-electron chi connectivity index (χ2n) is 3.84. The fourth-order valence-electron chi connectivity index (χ4n) is 1.69. The van der Waals surface area contributed by atoms with Gasteiger partial charge in [-0.25, -0.2) is 14.3 Å². The summed E-state index contributed by atoms with van der Waals surface area (Å²) in [7, 11) is 0. The molecule has 0 aliphatic heterocycles. The lowest BCUT2D eigenvalue weighted by molar-refractivity contribution is 0.803. The molecule has 94 valence electrons. The zero-order valence-electron chi connectivity index (χ0n) is 9.84. The number of hydrogen-bond donors (Lipinski definition) is 1. The van der Waals surface area contributed by atoms with E-state index in [1.807, 2.05) is 12.1 Å². The molecule has 19 heavy (non-hydrogen) atoms. The van der Waals surface area contributed by atoms with Crippen molar-refractivity contribution in [3.63, 3.8) is 0 Å². The highest BCUT2D eigenvalue weighted by Gasteiger charge is 2.08. The third-order valence-electron chi connectivity index (χ3n) is 2.56. The minimum absolute atomic E-state index is 0.309. The van der Waals surface area contributed by atoms with Crippen molar-refractivity contribution in [3.8, 4) is 11.6 Å². The number of thiocarbonyl (C=S) groups is 1. The van der Waals surface area contributed by atoms with Crippen LogP contribution >= 0.6 is 12.2 Å². The predicted octanol–water partition coefficient (Wildman–Crippen LogP) is 1.09. The number of pyridine rings is 1. The molecule has 0 radical (unpaired) electrons. The number of nitrogens with two attached hydrogens (primary N) is 1. The van der Waals surface area contributed by atoms with Gasteiger partial charge in [-0.15, -0.1) is 0 Å². The Balaban J connectivity index is 2.18. The van der Waals surface area contributed by atoms with Crippen LogP contribution < -0.4 is 5.73 Å². The van der Waals surface area contributed by atoms with Crippen LogP contribution in [0.2, 0.25) is 0 Å². The zero-order valence-corrected chi connectivity index (χ0v) is 10.7. The molecule has 3 rings (SSSR count). The van der Waals surface area contributed by atoms with Gasteiger partial charge in [0.05, 0.1) is 0 Å². The van der Waals surface area contributed by atoms with Crippen LogP contribution in [0.5, 0.6) is 0 Å². The highest BCUT2D eigenvalue weighted by atomic mass is 32.1. The van der Waals surface area contributed by atoms with Gasteiger partial charge in [0.2, 0.25) is 0 Å². The van der Waals surface area contributed by atoms with Gasteiger partial charge in [0.1, 0.15) is 4.99 Å². The Morgan fingerprint density at radius 1 is 1.00 bits per heavy atom. The van der Waals surface area contributed by atoms with E-state index in [0.717, 1.165) is 5.56 Å². The van der Waals surface area contributed by atoms with Crippen LogP contribution in [0.15, 0.2) is 49.1 Å². The van der Waals surface area contributed by atoms with Gasteiger partial charge in [0.15, 0.2) is 11.6 Å². The average molecular weight is 270 g/mol. The highest BCUT2D eigenvalue weighted by Crippen LogP contribution is 2.12. The highest BCUT2D eigenvalue weighted by molar-refractivity contribution is 7.80. The first kappa shape index (κ1) is 11.5. The summed E-state index contributed by atoms with van der Waals surface area (Å²) < 4.78 is 3.30. The first-order chi connectivity index (χ1) is 9.24. The summed E-state index contributed by atoms with van der Waals surface area (Å²) in [6.45, 7) is 0.